The maximum Gasteiger partial charge on any atom is 0.415 e. The number of alkyl halides is 3. The number of aliphatic hydroxyl groups excluding tert-OH is 1. The molecule has 0 spiro atoms. The molecule has 0 saturated carbocycles. The van der Waals surface area contributed by atoms with E-state index in [0.717, 1.165) is 11.8 Å². The summed E-state index contributed by atoms with van der Waals surface area (Å²) in [5, 5.41) is 19.7. The Labute approximate surface area is 100 Å². The molecule has 1 aromatic heterocycles. The highest BCUT2D eigenvalue weighted by Gasteiger charge is 2.37. The van der Waals surface area contributed by atoms with Crippen LogP contribution in [0.5, 0.6) is 0 Å². The molecule has 1 rings (SSSR count). The number of aromatic nitrogens is 4. The second kappa shape index (κ2) is 5.67. The predicted octanol–water partition coefficient (Wildman–Crippen LogP) is 1.41. The molecule has 0 aromatic carbocycles. The Hall–Kier alpha value is -0.830. The molecule has 9 heteroatoms. The summed E-state index contributed by atoms with van der Waals surface area (Å²) in [7, 11) is 0. The van der Waals surface area contributed by atoms with Crippen LogP contribution in [0, 0.1) is 0 Å². The molecular formula is C8H13F3N4OS. The lowest BCUT2D eigenvalue weighted by Gasteiger charge is -2.13. The van der Waals surface area contributed by atoms with Crippen LogP contribution in [0.1, 0.15) is 25.7 Å². The Kier molecular flexibility index (Phi) is 4.75. The number of hydrogen-bond acceptors (Lipinski definition) is 5. The molecule has 0 radical (unpaired) electrons. The predicted molar refractivity (Wildman–Crippen MR) is 56.4 cm³/mol. The van der Waals surface area contributed by atoms with E-state index in [2.05, 4.69) is 15.5 Å². The van der Waals surface area contributed by atoms with Gasteiger partial charge in [0, 0.05) is 5.75 Å². The quantitative estimate of drug-likeness (QED) is 0.876. The first kappa shape index (κ1) is 14.2. The topological polar surface area (TPSA) is 63.8 Å². The monoisotopic (exact) mass is 270 g/mol. The summed E-state index contributed by atoms with van der Waals surface area (Å²) in [5.74, 6) is 0.312. The highest BCUT2D eigenvalue weighted by atomic mass is 32.2. The summed E-state index contributed by atoms with van der Waals surface area (Å²) < 4.78 is 37.6. The Bertz CT molecular complexity index is 355. The third-order valence-electron chi connectivity index (χ3n) is 1.93. The van der Waals surface area contributed by atoms with Crippen LogP contribution in [0.15, 0.2) is 0 Å². The lowest BCUT2D eigenvalue weighted by Crippen LogP contribution is -2.30. The number of halogens is 3. The fourth-order valence-corrected chi connectivity index (χ4v) is 1.97. The van der Waals surface area contributed by atoms with Gasteiger partial charge in [0.1, 0.15) is 0 Å². The number of hydrogen-bond donors (Lipinski definition) is 1. The van der Waals surface area contributed by atoms with E-state index in [4.69, 9.17) is 5.11 Å². The van der Waals surface area contributed by atoms with Crippen molar-refractivity contribution in [1.29, 1.82) is 0 Å². The first-order chi connectivity index (χ1) is 7.82. The van der Waals surface area contributed by atoms with Crippen LogP contribution in [-0.2, 0) is 5.75 Å². The summed E-state index contributed by atoms with van der Waals surface area (Å²) in [6.45, 7) is 3.74. The van der Waals surface area contributed by atoms with Gasteiger partial charge in [-0.05, 0) is 24.3 Å². The minimum atomic E-state index is -4.57. The van der Waals surface area contributed by atoms with Gasteiger partial charge in [0.15, 0.2) is 11.9 Å². The van der Waals surface area contributed by atoms with E-state index in [-0.39, 0.29) is 11.8 Å². The molecule has 0 fully saturated rings. The Balaban J connectivity index is 2.44. The Morgan fingerprint density at radius 3 is 2.59 bits per heavy atom. The van der Waals surface area contributed by atoms with E-state index in [9.17, 15) is 13.2 Å². The molecule has 1 heterocycles. The molecule has 1 unspecified atom stereocenters. The van der Waals surface area contributed by atoms with Gasteiger partial charge in [0.05, 0.1) is 11.8 Å². The standard InChI is InChI=1S/C8H13F3N4OS/c1-5(2)15-7(12-13-14-15)4-17-3-6(16)8(9,10)11/h5-6,16H,3-4H2,1-2H3. The van der Waals surface area contributed by atoms with Crippen LogP contribution in [0.4, 0.5) is 13.2 Å². The number of nitrogens with zero attached hydrogens (tertiary/aromatic N) is 4. The molecule has 0 aliphatic carbocycles. The van der Waals surface area contributed by atoms with Gasteiger partial charge in [0.2, 0.25) is 0 Å². The molecular weight excluding hydrogens is 257 g/mol. The molecule has 1 atom stereocenters. The molecule has 0 aliphatic rings. The minimum Gasteiger partial charge on any atom is -0.383 e. The van der Waals surface area contributed by atoms with E-state index < -0.39 is 18.0 Å². The van der Waals surface area contributed by atoms with Crippen LogP contribution in [0.3, 0.4) is 0 Å². The van der Waals surface area contributed by atoms with E-state index >= 15 is 0 Å². The lowest BCUT2D eigenvalue weighted by atomic mass is 10.4. The van der Waals surface area contributed by atoms with Gasteiger partial charge in [0.25, 0.3) is 0 Å². The molecule has 98 valence electrons. The average molecular weight is 270 g/mol. The van der Waals surface area contributed by atoms with Crippen molar-refractivity contribution < 1.29 is 18.3 Å². The highest BCUT2D eigenvalue weighted by molar-refractivity contribution is 7.98. The van der Waals surface area contributed by atoms with Gasteiger partial charge >= 0.3 is 6.18 Å². The number of tetrazole rings is 1. The van der Waals surface area contributed by atoms with Crippen molar-refractivity contribution in [1.82, 2.24) is 20.2 Å². The first-order valence-corrected chi connectivity index (χ1v) is 6.07. The molecule has 5 nitrogen and oxygen atoms in total. The van der Waals surface area contributed by atoms with Crippen LogP contribution in [-0.4, -0.2) is 43.3 Å². The molecule has 1 aromatic rings. The Morgan fingerprint density at radius 1 is 1.41 bits per heavy atom. The van der Waals surface area contributed by atoms with E-state index in [1.165, 1.54) is 4.68 Å². The molecule has 17 heavy (non-hydrogen) atoms. The smallest absolute Gasteiger partial charge is 0.383 e. The van der Waals surface area contributed by atoms with Crippen LogP contribution >= 0.6 is 11.8 Å². The molecule has 0 amide bonds. The molecule has 1 N–H and O–H groups in total. The van der Waals surface area contributed by atoms with Crippen molar-refractivity contribution in [3.8, 4) is 0 Å². The summed E-state index contributed by atoms with van der Waals surface area (Å²) in [5.41, 5.74) is 0. The number of rotatable bonds is 5. The van der Waals surface area contributed by atoms with Crippen molar-refractivity contribution >= 4 is 11.8 Å². The zero-order valence-electron chi connectivity index (χ0n) is 9.35. The van der Waals surface area contributed by atoms with Gasteiger partial charge < -0.3 is 5.11 Å². The second-order valence-electron chi connectivity index (χ2n) is 3.71. The van der Waals surface area contributed by atoms with Crippen molar-refractivity contribution in [3.63, 3.8) is 0 Å². The summed E-state index contributed by atoms with van der Waals surface area (Å²) >= 11 is 0.944. The number of thioether (sulfide) groups is 1. The van der Waals surface area contributed by atoms with Gasteiger partial charge in [-0.15, -0.1) is 5.10 Å². The van der Waals surface area contributed by atoms with Gasteiger partial charge in [-0.1, -0.05) is 0 Å². The van der Waals surface area contributed by atoms with Crippen molar-refractivity contribution in [2.45, 2.75) is 37.9 Å². The third kappa shape index (κ3) is 4.15. The van der Waals surface area contributed by atoms with E-state index in [1.54, 1.807) is 0 Å². The maximum atomic E-state index is 12.0. The summed E-state index contributed by atoms with van der Waals surface area (Å²) in [6.07, 6.45) is -6.88. The highest BCUT2D eigenvalue weighted by Crippen LogP contribution is 2.24. The second-order valence-corrected chi connectivity index (χ2v) is 4.74. The van der Waals surface area contributed by atoms with Crippen LogP contribution in [0.2, 0.25) is 0 Å². The largest absolute Gasteiger partial charge is 0.415 e. The zero-order valence-corrected chi connectivity index (χ0v) is 10.2. The number of aliphatic hydroxyl groups is 1. The van der Waals surface area contributed by atoms with Crippen LogP contribution < -0.4 is 0 Å². The molecule has 0 bridgehead atoms. The fraction of sp³-hybridized carbons (Fsp3) is 0.875. The van der Waals surface area contributed by atoms with Crippen LogP contribution in [0.25, 0.3) is 0 Å². The van der Waals surface area contributed by atoms with Gasteiger partial charge in [-0.25, -0.2) is 4.68 Å². The van der Waals surface area contributed by atoms with Crippen molar-refractivity contribution in [3.05, 3.63) is 5.82 Å². The normalized spacial score (nSPS) is 14.3. The first-order valence-electron chi connectivity index (χ1n) is 4.91. The summed E-state index contributed by atoms with van der Waals surface area (Å²) in [6, 6.07) is 0.0492. The van der Waals surface area contributed by atoms with Crippen molar-refractivity contribution in [2.24, 2.45) is 0 Å². The molecule has 0 saturated heterocycles. The van der Waals surface area contributed by atoms with Crippen molar-refractivity contribution in [2.75, 3.05) is 5.75 Å². The average Bonchev–Trinajstić information content (AvgIpc) is 2.64. The van der Waals surface area contributed by atoms with Gasteiger partial charge in [-0.2, -0.15) is 24.9 Å². The third-order valence-corrected chi connectivity index (χ3v) is 2.95. The summed E-state index contributed by atoms with van der Waals surface area (Å²) in [4.78, 5) is 0. The van der Waals surface area contributed by atoms with E-state index in [1.807, 2.05) is 13.8 Å². The zero-order chi connectivity index (χ0) is 13.1. The Morgan fingerprint density at radius 2 is 2.06 bits per heavy atom. The van der Waals surface area contributed by atoms with Gasteiger partial charge in [-0.3, -0.25) is 0 Å². The lowest BCUT2D eigenvalue weighted by molar-refractivity contribution is -0.195. The maximum absolute atomic E-state index is 12.0. The minimum absolute atomic E-state index is 0.0492. The fourth-order valence-electron chi connectivity index (χ4n) is 1.06. The van der Waals surface area contributed by atoms with E-state index in [0.29, 0.717) is 5.82 Å². The SMILES string of the molecule is CC(C)n1nnnc1CSCC(O)C(F)(F)F. The molecule has 0 aliphatic heterocycles.